The second-order valence-electron chi connectivity index (χ2n) is 9.77. The summed E-state index contributed by atoms with van der Waals surface area (Å²) in [5.74, 6) is -0.181. The minimum atomic E-state index is -0.884. The first kappa shape index (κ1) is 24.8. The molecule has 176 valence electrons. The molecule has 1 saturated heterocycles. The van der Waals surface area contributed by atoms with Gasteiger partial charge < -0.3 is 20.8 Å². The van der Waals surface area contributed by atoms with Crippen molar-refractivity contribution < 1.29 is 15.0 Å². The lowest BCUT2D eigenvalue weighted by atomic mass is 9.85. The lowest BCUT2D eigenvalue weighted by Gasteiger charge is -2.40. The van der Waals surface area contributed by atoms with Crippen LogP contribution in [0.4, 0.5) is 0 Å². The van der Waals surface area contributed by atoms with Crippen LogP contribution >= 0.6 is 11.3 Å². The first-order valence-electron chi connectivity index (χ1n) is 11.1. The molecule has 0 saturated carbocycles. The van der Waals surface area contributed by atoms with Crippen LogP contribution in [0.15, 0.2) is 29.8 Å². The summed E-state index contributed by atoms with van der Waals surface area (Å²) in [6, 6.07) is 7.11. The quantitative estimate of drug-likeness (QED) is 0.507. The van der Waals surface area contributed by atoms with Crippen LogP contribution in [0.3, 0.4) is 0 Å². The van der Waals surface area contributed by atoms with Crippen molar-refractivity contribution in [1.82, 2.24) is 20.5 Å². The Hall–Kier alpha value is -1.84. The van der Waals surface area contributed by atoms with Gasteiger partial charge in [-0.2, -0.15) is 0 Å². The molecular weight excluding hydrogens is 424 g/mol. The van der Waals surface area contributed by atoms with Crippen LogP contribution < -0.4 is 10.6 Å². The third-order valence-electron chi connectivity index (χ3n) is 6.28. The van der Waals surface area contributed by atoms with E-state index in [2.05, 4.69) is 27.8 Å². The van der Waals surface area contributed by atoms with Gasteiger partial charge in [0, 0.05) is 6.54 Å². The number of likely N-dealkylation sites (tertiary alicyclic amines) is 1. The number of carbonyl (C=O) groups excluding carboxylic acids is 1. The fourth-order valence-corrected chi connectivity index (χ4v) is 5.32. The number of likely N-dealkylation sites (N-methyl/N-ethyl adjacent to an activating group) is 1. The zero-order valence-corrected chi connectivity index (χ0v) is 20.6. The molecule has 8 heteroatoms. The van der Waals surface area contributed by atoms with Crippen LogP contribution in [-0.2, 0) is 4.79 Å². The number of nitrogens with one attached hydrogen (secondary N) is 2. The van der Waals surface area contributed by atoms with Gasteiger partial charge in [-0.05, 0) is 43.9 Å². The molecule has 7 nitrogen and oxygen atoms in total. The van der Waals surface area contributed by atoms with Crippen molar-refractivity contribution in [1.29, 1.82) is 0 Å². The molecule has 1 amide bonds. The lowest BCUT2D eigenvalue weighted by molar-refractivity contribution is -0.132. The number of hydrogen-bond donors (Lipinski definition) is 4. The number of thiazole rings is 1. The number of rotatable bonds is 7. The Kier molecular flexibility index (Phi) is 7.73. The van der Waals surface area contributed by atoms with Crippen molar-refractivity contribution >= 4 is 17.2 Å². The topological polar surface area (TPSA) is 97.7 Å². The monoisotopic (exact) mass is 460 g/mol. The third-order valence-corrected chi connectivity index (χ3v) is 7.26. The van der Waals surface area contributed by atoms with Crippen LogP contribution in [0, 0.1) is 12.3 Å². The highest BCUT2D eigenvalue weighted by atomic mass is 32.1. The van der Waals surface area contributed by atoms with E-state index in [0.717, 1.165) is 21.7 Å². The summed E-state index contributed by atoms with van der Waals surface area (Å²) in [6.07, 6.45) is -1.22. The summed E-state index contributed by atoms with van der Waals surface area (Å²) in [7, 11) is 1.81. The number of β-amino-alcohol motifs (C(OH)–C–C–N with tert-alkyl or cyclic N) is 1. The van der Waals surface area contributed by atoms with E-state index in [4.69, 9.17) is 0 Å². The molecule has 1 aliphatic heterocycles. The molecule has 4 N–H and O–H groups in total. The normalized spacial score (nSPS) is 22.5. The SMILES string of the molecule is CN[C@H](C(O)N1C[C@H](O)C[C@H]1C(=O)NC(C)c1ccc(-c2scnc2C)cc1)C(C)(C)C. The second kappa shape index (κ2) is 9.97. The van der Waals surface area contributed by atoms with Gasteiger partial charge in [0.1, 0.15) is 6.23 Å². The molecule has 2 aromatic rings. The number of aliphatic hydroxyl groups is 2. The van der Waals surface area contributed by atoms with Gasteiger partial charge in [-0.1, -0.05) is 45.0 Å². The number of hydrogen-bond acceptors (Lipinski definition) is 7. The van der Waals surface area contributed by atoms with E-state index in [0.29, 0.717) is 6.42 Å². The fraction of sp³-hybridized carbons (Fsp3) is 0.583. The van der Waals surface area contributed by atoms with Crippen molar-refractivity contribution in [2.45, 2.75) is 71.5 Å². The molecule has 3 rings (SSSR count). The highest BCUT2D eigenvalue weighted by molar-refractivity contribution is 7.13. The molecule has 0 radical (unpaired) electrons. The predicted octanol–water partition coefficient (Wildman–Crippen LogP) is 2.68. The molecule has 2 heterocycles. The Morgan fingerprint density at radius 1 is 1.28 bits per heavy atom. The predicted molar refractivity (Wildman–Crippen MR) is 128 cm³/mol. The number of carbonyl (C=O) groups is 1. The zero-order chi connectivity index (χ0) is 23.6. The molecule has 0 spiro atoms. The molecule has 32 heavy (non-hydrogen) atoms. The molecule has 5 atom stereocenters. The molecule has 0 aliphatic carbocycles. The van der Waals surface area contributed by atoms with Crippen LogP contribution in [-0.4, -0.2) is 64.0 Å². The fourth-order valence-electron chi connectivity index (χ4n) is 4.50. The van der Waals surface area contributed by atoms with Crippen LogP contribution in [0.25, 0.3) is 10.4 Å². The van der Waals surface area contributed by atoms with Gasteiger partial charge in [-0.3, -0.25) is 9.69 Å². The highest BCUT2D eigenvalue weighted by Crippen LogP contribution is 2.30. The van der Waals surface area contributed by atoms with Crippen LogP contribution in [0.2, 0.25) is 0 Å². The average Bonchev–Trinajstić information content (AvgIpc) is 3.33. The van der Waals surface area contributed by atoms with Gasteiger partial charge >= 0.3 is 0 Å². The number of nitrogens with zero attached hydrogens (tertiary/aromatic N) is 2. The van der Waals surface area contributed by atoms with Gasteiger partial charge in [0.25, 0.3) is 0 Å². The Bertz CT molecular complexity index is 909. The summed E-state index contributed by atoms with van der Waals surface area (Å²) in [6.45, 7) is 10.3. The summed E-state index contributed by atoms with van der Waals surface area (Å²) < 4.78 is 0. The van der Waals surface area contributed by atoms with Gasteiger partial charge in [0.2, 0.25) is 5.91 Å². The van der Waals surface area contributed by atoms with Crippen LogP contribution in [0.5, 0.6) is 0 Å². The number of benzene rings is 1. The first-order valence-corrected chi connectivity index (χ1v) is 12.0. The molecule has 1 aliphatic rings. The Balaban J connectivity index is 1.70. The Morgan fingerprint density at radius 2 is 1.94 bits per heavy atom. The van der Waals surface area contributed by atoms with Crippen molar-refractivity contribution in [2.75, 3.05) is 13.6 Å². The number of aromatic nitrogens is 1. The minimum absolute atomic E-state index is 0.181. The van der Waals surface area contributed by atoms with Crippen molar-refractivity contribution in [3.63, 3.8) is 0 Å². The average molecular weight is 461 g/mol. The number of amides is 1. The van der Waals surface area contributed by atoms with Crippen molar-refractivity contribution in [3.8, 4) is 10.4 Å². The van der Waals surface area contributed by atoms with Crippen molar-refractivity contribution in [2.24, 2.45) is 5.41 Å². The molecule has 1 aromatic heterocycles. The standard InChI is InChI=1S/C24H36N4O3S/c1-14(16-7-9-17(10-8-16)20-15(2)26-13-32-20)27-22(30)19-11-18(29)12-28(19)23(31)21(25-6)24(3,4)5/h7-10,13-14,18-19,21,23,25,29,31H,11-12H2,1-6H3,(H,27,30)/t14?,18-,19+,21-,23?/m1/s1. The van der Waals surface area contributed by atoms with Crippen molar-refractivity contribution in [3.05, 3.63) is 41.0 Å². The highest BCUT2D eigenvalue weighted by Gasteiger charge is 2.44. The maximum atomic E-state index is 13.1. The molecular formula is C24H36N4O3S. The van der Waals surface area contributed by atoms with E-state index in [1.807, 2.05) is 52.3 Å². The smallest absolute Gasteiger partial charge is 0.238 e. The second-order valence-corrected chi connectivity index (χ2v) is 10.6. The minimum Gasteiger partial charge on any atom is -0.392 e. The van der Waals surface area contributed by atoms with Gasteiger partial charge in [-0.15, -0.1) is 11.3 Å². The van der Waals surface area contributed by atoms with E-state index in [1.165, 1.54) is 0 Å². The van der Waals surface area contributed by atoms with Crippen LogP contribution in [0.1, 0.15) is 51.4 Å². The summed E-state index contributed by atoms with van der Waals surface area (Å²) in [5.41, 5.74) is 4.75. The summed E-state index contributed by atoms with van der Waals surface area (Å²) in [5, 5.41) is 27.6. The van der Waals surface area contributed by atoms with Gasteiger partial charge in [-0.25, -0.2) is 4.98 Å². The maximum absolute atomic E-state index is 13.1. The lowest BCUT2D eigenvalue weighted by Crippen LogP contribution is -2.58. The summed E-state index contributed by atoms with van der Waals surface area (Å²) >= 11 is 1.61. The third kappa shape index (κ3) is 5.38. The largest absolute Gasteiger partial charge is 0.392 e. The van der Waals surface area contributed by atoms with E-state index in [1.54, 1.807) is 23.3 Å². The Labute approximate surface area is 194 Å². The summed E-state index contributed by atoms with van der Waals surface area (Å²) in [4.78, 5) is 20.3. The van der Waals surface area contributed by atoms with Gasteiger partial charge in [0.15, 0.2) is 0 Å². The van der Waals surface area contributed by atoms with E-state index in [9.17, 15) is 15.0 Å². The molecule has 2 unspecified atom stereocenters. The molecule has 1 fully saturated rings. The Morgan fingerprint density at radius 3 is 2.47 bits per heavy atom. The number of aliphatic hydroxyl groups excluding tert-OH is 2. The number of aryl methyl sites for hydroxylation is 1. The van der Waals surface area contributed by atoms with E-state index >= 15 is 0 Å². The molecule has 0 bridgehead atoms. The van der Waals surface area contributed by atoms with E-state index < -0.39 is 18.4 Å². The maximum Gasteiger partial charge on any atom is 0.238 e. The van der Waals surface area contributed by atoms with Gasteiger partial charge in [0.05, 0.1) is 40.3 Å². The zero-order valence-electron chi connectivity index (χ0n) is 19.8. The molecule has 1 aromatic carbocycles. The van der Waals surface area contributed by atoms with E-state index in [-0.39, 0.29) is 30.0 Å². The first-order chi connectivity index (χ1) is 15.0.